The van der Waals surface area contributed by atoms with Crippen LogP contribution in [0.2, 0.25) is 0 Å². The van der Waals surface area contributed by atoms with Gasteiger partial charge in [-0.1, -0.05) is 30.3 Å². The largest absolute Gasteiger partial charge is 0.479 e. The van der Waals surface area contributed by atoms with Crippen molar-refractivity contribution in [2.75, 3.05) is 5.32 Å². The van der Waals surface area contributed by atoms with E-state index in [0.717, 1.165) is 0 Å². The summed E-state index contributed by atoms with van der Waals surface area (Å²) >= 11 is 0. The number of aliphatic carboxylic acids is 1. The van der Waals surface area contributed by atoms with Crippen molar-refractivity contribution < 1.29 is 9.90 Å². The number of carboxylic acid groups (broad SMARTS) is 1. The molecule has 2 rings (SSSR count). The molecule has 5 nitrogen and oxygen atoms in total. The van der Waals surface area contributed by atoms with Crippen LogP contribution in [0.1, 0.15) is 11.6 Å². The first kappa shape index (κ1) is 11.1. The van der Waals surface area contributed by atoms with Crippen molar-refractivity contribution in [3.05, 3.63) is 54.4 Å². The molecule has 0 saturated heterocycles. The lowest BCUT2D eigenvalue weighted by molar-refractivity contribution is -0.138. The Morgan fingerprint density at radius 1 is 1.12 bits per heavy atom. The number of hydrogen-bond donors (Lipinski definition) is 2. The van der Waals surface area contributed by atoms with E-state index >= 15 is 0 Å². The average molecular weight is 229 g/mol. The van der Waals surface area contributed by atoms with Crippen LogP contribution in [0.4, 0.5) is 5.95 Å². The van der Waals surface area contributed by atoms with Crippen molar-refractivity contribution in [2.45, 2.75) is 6.04 Å². The maximum Gasteiger partial charge on any atom is 0.330 e. The van der Waals surface area contributed by atoms with E-state index in [1.54, 1.807) is 42.7 Å². The summed E-state index contributed by atoms with van der Waals surface area (Å²) in [6, 6.07) is 9.73. The zero-order valence-corrected chi connectivity index (χ0v) is 8.95. The Bertz CT molecular complexity index is 488. The summed E-state index contributed by atoms with van der Waals surface area (Å²) < 4.78 is 0. The third-order valence-corrected chi connectivity index (χ3v) is 2.22. The standard InChI is InChI=1S/C12H11N3O2/c16-11(17)10(9-5-2-1-3-6-9)15-12-13-7-4-8-14-12/h1-8,10H,(H,16,17)(H,13,14,15). The van der Waals surface area contributed by atoms with E-state index in [-0.39, 0.29) is 0 Å². The monoisotopic (exact) mass is 229 g/mol. The Kier molecular flexibility index (Phi) is 3.30. The van der Waals surface area contributed by atoms with Crippen LogP contribution >= 0.6 is 0 Å². The van der Waals surface area contributed by atoms with E-state index in [2.05, 4.69) is 15.3 Å². The van der Waals surface area contributed by atoms with Crippen molar-refractivity contribution in [1.82, 2.24) is 9.97 Å². The number of benzene rings is 1. The van der Waals surface area contributed by atoms with Crippen LogP contribution in [0.25, 0.3) is 0 Å². The molecule has 0 amide bonds. The summed E-state index contributed by atoms with van der Waals surface area (Å²) in [5.74, 6) is -0.674. The van der Waals surface area contributed by atoms with Gasteiger partial charge in [0.05, 0.1) is 0 Å². The average Bonchev–Trinajstić information content (AvgIpc) is 2.38. The fraction of sp³-hybridized carbons (Fsp3) is 0.0833. The molecule has 0 saturated carbocycles. The van der Waals surface area contributed by atoms with Gasteiger partial charge in [-0.05, 0) is 11.6 Å². The van der Waals surface area contributed by atoms with Crippen LogP contribution in [0.3, 0.4) is 0 Å². The lowest BCUT2D eigenvalue weighted by atomic mass is 10.1. The normalized spacial score (nSPS) is 11.8. The number of anilines is 1. The molecule has 0 spiro atoms. The molecule has 1 unspecified atom stereocenters. The van der Waals surface area contributed by atoms with Crippen LogP contribution in [-0.4, -0.2) is 21.0 Å². The third kappa shape index (κ3) is 2.78. The van der Waals surface area contributed by atoms with Gasteiger partial charge in [0.25, 0.3) is 0 Å². The predicted molar refractivity (Wildman–Crippen MR) is 62.5 cm³/mol. The molecule has 0 radical (unpaired) electrons. The summed E-state index contributed by atoms with van der Waals surface area (Å²) in [7, 11) is 0. The van der Waals surface area contributed by atoms with Gasteiger partial charge < -0.3 is 10.4 Å². The first-order valence-electron chi connectivity index (χ1n) is 5.08. The molecule has 17 heavy (non-hydrogen) atoms. The summed E-state index contributed by atoms with van der Waals surface area (Å²) in [6.45, 7) is 0. The molecule has 1 aromatic heterocycles. The number of carbonyl (C=O) groups is 1. The third-order valence-electron chi connectivity index (χ3n) is 2.22. The Hall–Kier alpha value is -2.43. The maximum absolute atomic E-state index is 11.2. The maximum atomic E-state index is 11.2. The highest BCUT2D eigenvalue weighted by Gasteiger charge is 2.19. The van der Waals surface area contributed by atoms with Crippen molar-refractivity contribution >= 4 is 11.9 Å². The number of nitrogens with zero attached hydrogens (tertiary/aromatic N) is 2. The van der Waals surface area contributed by atoms with Gasteiger partial charge in [-0.25, -0.2) is 14.8 Å². The summed E-state index contributed by atoms with van der Waals surface area (Å²) in [4.78, 5) is 19.1. The molecule has 0 bridgehead atoms. The van der Waals surface area contributed by atoms with Gasteiger partial charge in [-0.2, -0.15) is 0 Å². The zero-order valence-electron chi connectivity index (χ0n) is 8.95. The molecular formula is C12H11N3O2. The van der Waals surface area contributed by atoms with E-state index in [9.17, 15) is 4.79 Å². The van der Waals surface area contributed by atoms with E-state index in [4.69, 9.17) is 5.11 Å². The summed E-state index contributed by atoms with van der Waals surface area (Å²) in [5.41, 5.74) is 0.660. The van der Waals surface area contributed by atoms with Crippen molar-refractivity contribution in [2.24, 2.45) is 0 Å². The topological polar surface area (TPSA) is 75.1 Å². The quantitative estimate of drug-likeness (QED) is 0.834. The van der Waals surface area contributed by atoms with E-state index < -0.39 is 12.0 Å². The minimum Gasteiger partial charge on any atom is -0.479 e. The molecule has 5 heteroatoms. The van der Waals surface area contributed by atoms with Crippen LogP contribution in [0.5, 0.6) is 0 Å². The fourth-order valence-electron chi connectivity index (χ4n) is 1.44. The highest BCUT2D eigenvalue weighted by atomic mass is 16.4. The molecule has 2 N–H and O–H groups in total. The Labute approximate surface area is 98.2 Å². The van der Waals surface area contributed by atoms with Crippen LogP contribution in [0, 0.1) is 0 Å². The van der Waals surface area contributed by atoms with Crippen LogP contribution < -0.4 is 5.32 Å². The second-order valence-electron chi connectivity index (χ2n) is 3.40. The summed E-state index contributed by atoms with van der Waals surface area (Å²) in [6.07, 6.45) is 3.11. The fourth-order valence-corrected chi connectivity index (χ4v) is 1.44. The van der Waals surface area contributed by atoms with Gasteiger partial charge in [0.1, 0.15) is 0 Å². The molecule has 0 aliphatic heterocycles. The Balaban J connectivity index is 2.23. The van der Waals surface area contributed by atoms with Gasteiger partial charge in [-0.15, -0.1) is 0 Å². The highest BCUT2D eigenvalue weighted by molar-refractivity contribution is 5.78. The first-order valence-corrected chi connectivity index (χ1v) is 5.08. The zero-order chi connectivity index (χ0) is 12.1. The molecule has 0 aliphatic carbocycles. The minimum absolute atomic E-state index is 0.295. The van der Waals surface area contributed by atoms with Gasteiger partial charge in [0.15, 0.2) is 6.04 Å². The molecule has 0 aliphatic rings. The lowest BCUT2D eigenvalue weighted by Gasteiger charge is -2.14. The second-order valence-corrected chi connectivity index (χ2v) is 3.40. The smallest absolute Gasteiger partial charge is 0.330 e. The molecule has 2 aromatic rings. The van der Waals surface area contributed by atoms with E-state index in [1.165, 1.54) is 0 Å². The van der Waals surface area contributed by atoms with Gasteiger partial charge >= 0.3 is 5.97 Å². The Morgan fingerprint density at radius 2 is 1.76 bits per heavy atom. The van der Waals surface area contributed by atoms with E-state index in [0.29, 0.717) is 11.5 Å². The molecular weight excluding hydrogens is 218 g/mol. The van der Waals surface area contributed by atoms with Crippen molar-refractivity contribution in [3.63, 3.8) is 0 Å². The number of nitrogens with one attached hydrogen (secondary N) is 1. The number of aromatic nitrogens is 2. The number of carboxylic acids is 1. The van der Waals surface area contributed by atoms with Crippen molar-refractivity contribution in [3.8, 4) is 0 Å². The van der Waals surface area contributed by atoms with Crippen molar-refractivity contribution in [1.29, 1.82) is 0 Å². The van der Waals surface area contributed by atoms with Crippen LogP contribution in [0.15, 0.2) is 48.8 Å². The minimum atomic E-state index is -0.969. The predicted octanol–water partition coefficient (Wildman–Crippen LogP) is 1.71. The van der Waals surface area contributed by atoms with Gasteiger partial charge in [0, 0.05) is 12.4 Å². The van der Waals surface area contributed by atoms with Crippen LogP contribution in [-0.2, 0) is 4.79 Å². The molecule has 1 heterocycles. The molecule has 86 valence electrons. The first-order chi connectivity index (χ1) is 8.27. The number of hydrogen-bond acceptors (Lipinski definition) is 4. The summed E-state index contributed by atoms with van der Waals surface area (Å²) in [5, 5.41) is 11.9. The van der Waals surface area contributed by atoms with Gasteiger partial charge in [0.2, 0.25) is 5.95 Å². The van der Waals surface area contributed by atoms with E-state index in [1.807, 2.05) is 6.07 Å². The molecule has 0 fully saturated rings. The highest BCUT2D eigenvalue weighted by Crippen LogP contribution is 2.16. The number of rotatable bonds is 4. The van der Waals surface area contributed by atoms with Gasteiger partial charge in [-0.3, -0.25) is 0 Å². The second kappa shape index (κ2) is 5.07. The Morgan fingerprint density at radius 3 is 2.35 bits per heavy atom. The SMILES string of the molecule is O=C(O)C(Nc1ncccn1)c1ccccc1. The lowest BCUT2D eigenvalue weighted by Crippen LogP contribution is -2.21. The molecule has 1 aromatic carbocycles. The molecule has 1 atom stereocenters.